The highest BCUT2D eigenvalue weighted by atomic mass is 16.4. The van der Waals surface area contributed by atoms with Crippen molar-refractivity contribution in [2.75, 3.05) is 0 Å². The fourth-order valence-corrected chi connectivity index (χ4v) is 1.69. The first-order chi connectivity index (χ1) is 8.97. The molecule has 0 aliphatic rings. The number of aliphatic carboxylic acids is 1. The lowest BCUT2D eigenvalue weighted by molar-refractivity contribution is -0.139. The molecule has 1 atom stereocenters. The normalized spacial score (nSPS) is 12.5. The van der Waals surface area contributed by atoms with E-state index in [4.69, 9.17) is 5.11 Å². The summed E-state index contributed by atoms with van der Waals surface area (Å²) in [5, 5.41) is 11.6. The van der Waals surface area contributed by atoms with Crippen LogP contribution in [0.2, 0.25) is 0 Å². The van der Waals surface area contributed by atoms with E-state index in [-0.39, 0.29) is 12.1 Å². The molecule has 100 valence electrons. The number of rotatable bonds is 4. The van der Waals surface area contributed by atoms with Gasteiger partial charge in [-0.25, -0.2) is 4.98 Å². The lowest BCUT2D eigenvalue weighted by atomic mass is 10.3. The Bertz CT molecular complexity index is 678. The van der Waals surface area contributed by atoms with Gasteiger partial charge >= 0.3 is 5.97 Å². The third kappa shape index (κ3) is 2.97. The maximum atomic E-state index is 11.9. The molecule has 2 rings (SSSR count). The third-order valence-electron chi connectivity index (χ3n) is 2.82. The number of fused-ring (bicyclic) bond motifs is 1. The Morgan fingerprint density at radius 2 is 2.26 bits per heavy atom. The van der Waals surface area contributed by atoms with E-state index in [0.29, 0.717) is 11.3 Å². The second-order valence-corrected chi connectivity index (χ2v) is 4.46. The number of carbonyl (C=O) groups is 1. The number of hydrogen-bond acceptors (Lipinski definition) is 4. The van der Waals surface area contributed by atoms with Crippen molar-refractivity contribution >= 4 is 11.6 Å². The van der Waals surface area contributed by atoms with Crippen LogP contribution in [0.3, 0.4) is 0 Å². The largest absolute Gasteiger partial charge is 0.480 e. The van der Waals surface area contributed by atoms with Crippen LogP contribution in [0.1, 0.15) is 18.2 Å². The Kier molecular flexibility index (Phi) is 3.62. The van der Waals surface area contributed by atoms with Crippen molar-refractivity contribution < 1.29 is 9.90 Å². The molecule has 1 unspecified atom stereocenters. The molecule has 2 aromatic rings. The van der Waals surface area contributed by atoms with Gasteiger partial charge in [-0.2, -0.15) is 0 Å². The number of hydrogen-bond donors (Lipinski definition) is 2. The molecule has 2 aromatic heterocycles. The predicted octanol–water partition coefficient (Wildman–Crippen LogP) is 0.566. The highest BCUT2D eigenvalue weighted by Gasteiger charge is 2.10. The van der Waals surface area contributed by atoms with Gasteiger partial charge in [-0.05, 0) is 25.5 Å². The molecule has 2 heterocycles. The molecule has 0 saturated heterocycles. The summed E-state index contributed by atoms with van der Waals surface area (Å²) >= 11 is 0. The van der Waals surface area contributed by atoms with E-state index >= 15 is 0 Å². The minimum atomic E-state index is -0.937. The Morgan fingerprint density at radius 3 is 2.95 bits per heavy atom. The molecule has 0 radical (unpaired) electrons. The minimum absolute atomic E-state index is 0.173. The van der Waals surface area contributed by atoms with E-state index in [1.165, 1.54) is 10.5 Å². The molecule has 2 N–H and O–H groups in total. The highest BCUT2D eigenvalue weighted by Crippen LogP contribution is 2.02. The zero-order chi connectivity index (χ0) is 14.0. The van der Waals surface area contributed by atoms with E-state index in [2.05, 4.69) is 10.3 Å². The standard InChI is InChI=1S/C13H15N3O3/c1-8-3-4-11-15-10(5-12(17)16(11)7-8)6-14-9(2)13(18)19/h3-5,7,9,14H,6H2,1-2H3,(H,18,19). The van der Waals surface area contributed by atoms with Gasteiger partial charge in [-0.15, -0.1) is 0 Å². The van der Waals surface area contributed by atoms with E-state index in [1.54, 1.807) is 19.2 Å². The molecule has 6 nitrogen and oxygen atoms in total. The van der Waals surface area contributed by atoms with Crippen LogP contribution in [0.25, 0.3) is 5.65 Å². The monoisotopic (exact) mass is 261 g/mol. The summed E-state index contributed by atoms with van der Waals surface area (Å²) in [6.45, 7) is 3.68. The van der Waals surface area contributed by atoms with Crippen molar-refractivity contribution in [2.24, 2.45) is 0 Å². The van der Waals surface area contributed by atoms with Crippen molar-refractivity contribution in [1.82, 2.24) is 14.7 Å². The molecule has 0 amide bonds. The number of carboxylic acids is 1. The van der Waals surface area contributed by atoms with Gasteiger partial charge in [-0.3, -0.25) is 19.3 Å². The van der Waals surface area contributed by atoms with E-state index in [1.807, 2.05) is 13.0 Å². The summed E-state index contributed by atoms with van der Waals surface area (Å²) in [6, 6.07) is 4.37. The van der Waals surface area contributed by atoms with Crippen molar-refractivity contribution in [1.29, 1.82) is 0 Å². The average molecular weight is 261 g/mol. The summed E-state index contributed by atoms with van der Waals surface area (Å²) in [4.78, 5) is 26.9. The van der Waals surface area contributed by atoms with Gasteiger partial charge in [0.2, 0.25) is 0 Å². The van der Waals surface area contributed by atoms with Crippen LogP contribution < -0.4 is 10.9 Å². The second kappa shape index (κ2) is 5.19. The maximum Gasteiger partial charge on any atom is 0.320 e. The summed E-state index contributed by atoms with van der Waals surface area (Å²) < 4.78 is 1.47. The Labute approximate surface area is 109 Å². The number of aryl methyl sites for hydroxylation is 1. The molecule has 0 fully saturated rings. The first-order valence-electron chi connectivity index (χ1n) is 5.92. The smallest absolute Gasteiger partial charge is 0.320 e. The van der Waals surface area contributed by atoms with E-state index in [0.717, 1.165) is 5.56 Å². The lowest BCUT2D eigenvalue weighted by Crippen LogP contribution is -2.33. The molecule has 0 bridgehead atoms. The highest BCUT2D eigenvalue weighted by molar-refractivity contribution is 5.72. The van der Waals surface area contributed by atoms with Gasteiger partial charge in [0.15, 0.2) is 0 Å². The van der Waals surface area contributed by atoms with Crippen LogP contribution in [-0.4, -0.2) is 26.5 Å². The zero-order valence-corrected chi connectivity index (χ0v) is 10.8. The topological polar surface area (TPSA) is 83.7 Å². The number of carboxylic acid groups (broad SMARTS) is 1. The zero-order valence-electron chi connectivity index (χ0n) is 10.8. The van der Waals surface area contributed by atoms with Crippen LogP contribution in [0, 0.1) is 6.92 Å². The van der Waals surface area contributed by atoms with E-state index in [9.17, 15) is 9.59 Å². The molecule has 0 aromatic carbocycles. The molecule has 6 heteroatoms. The fraction of sp³-hybridized carbons (Fsp3) is 0.308. The van der Waals surface area contributed by atoms with Gasteiger partial charge in [0, 0.05) is 18.8 Å². The van der Waals surface area contributed by atoms with Crippen molar-refractivity contribution in [2.45, 2.75) is 26.4 Å². The number of aromatic nitrogens is 2. The van der Waals surface area contributed by atoms with Gasteiger partial charge in [-0.1, -0.05) is 6.07 Å². The first-order valence-corrected chi connectivity index (χ1v) is 5.92. The van der Waals surface area contributed by atoms with Crippen LogP contribution in [0.4, 0.5) is 0 Å². The van der Waals surface area contributed by atoms with Crippen molar-refractivity contribution in [3.8, 4) is 0 Å². The summed E-state index contributed by atoms with van der Waals surface area (Å²) in [5.74, 6) is -0.937. The first kappa shape index (κ1) is 13.2. The van der Waals surface area contributed by atoms with Gasteiger partial charge < -0.3 is 5.11 Å². The Morgan fingerprint density at radius 1 is 1.53 bits per heavy atom. The number of nitrogens with zero attached hydrogens (tertiary/aromatic N) is 2. The van der Waals surface area contributed by atoms with Crippen LogP contribution >= 0.6 is 0 Å². The molecule has 0 aliphatic heterocycles. The number of nitrogens with one attached hydrogen (secondary N) is 1. The molecular formula is C13H15N3O3. The predicted molar refractivity (Wildman–Crippen MR) is 70.1 cm³/mol. The lowest BCUT2D eigenvalue weighted by Gasteiger charge is -2.09. The molecule has 0 saturated carbocycles. The van der Waals surface area contributed by atoms with Crippen LogP contribution in [-0.2, 0) is 11.3 Å². The fourth-order valence-electron chi connectivity index (χ4n) is 1.69. The van der Waals surface area contributed by atoms with E-state index < -0.39 is 12.0 Å². The van der Waals surface area contributed by atoms with Crippen molar-refractivity contribution in [3.05, 3.63) is 46.0 Å². The SMILES string of the molecule is Cc1ccc2nc(CNC(C)C(=O)O)cc(=O)n2c1. The summed E-state index contributed by atoms with van der Waals surface area (Å²) in [7, 11) is 0. The second-order valence-electron chi connectivity index (χ2n) is 4.46. The quantitative estimate of drug-likeness (QED) is 0.840. The molecule has 0 spiro atoms. The van der Waals surface area contributed by atoms with Crippen LogP contribution in [0.5, 0.6) is 0 Å². The molecule has 0 aliphatic carbocycles. The molecular weight excluding hydrogens is 246 g/mol. The van der Waals surface area contributed by atoms with Gasteiger partial charge in [0.1, 0.15) is 11.7 Å². The minimum Gasteiger partial charge on any atom is -0.480 e. The average Bonchev–Trinajstić information content (AvgIpc) is 2.36. The third-order valence-corrected chi connectivity index (χ3v) is 2.82. The summed E-state index contributed by atoms with van der Waals surface area (Å²) in [5.41, 5.74) is 1.88. The van der Waals surface area contributed by atoms with Gasteiger partial charge in [0.05, 0.1) is 5.69 Å². The van der Waals surface area contributed by atoms with Crippen molar-refractivity contribution in [3.63, 3.8) is 0 Å². The molecule has 19 heavy (non-hydrogen) atoms. The summed E-state index contributed by atoms with van der Waals surface area (Å²) in [6.07, 6.45) is 1.72. The Hall–Kier alpha value is -2.21. The maximum absolute atomic E-state index is 11.9. The van der Waals surface area contributed by atoms with Crippen LogP contribution in [0.15, 0.2) is 29.2 Å². The van der Waals surface area contributed by atoms with Gasteiger partial charge in [0.25, 0.3) is 5.56 Å². The number of pyridine rings is 1. The Balaban J connectivity index is 2.29.